The van der Waals surface area contributed by atoms with Crippen molar-refractivity contribution >= 4 is 34.2 Å². The second-order valence-corrected chi connectivity index (χ2v) is 7.82. The van der Waals surface area contributed by atoms with Gasteiger partial charge in [0, 0.05) is 46.9 Å². The molecule has 0 saturated heterocycles. The zero-order valence-corrected chi connectivity index (χ0v) is 18.1. The van der Waals surface area contributed by atoms with Crippen LogP contribution in [-0.4, -0.2) is 31.0 Å². The van der Waals surface area contributed by atoms with Gasteiger partial charge in [0.1, 0.15) is 17.9 Å². The number of hydrogen-bond donors (Lipinski definition) is 1. The Morgan fingerprint density at radius 2 is 1.85 bits per heavy atom. The van der Waals surface area contributed by atoms with Crippen LogP contribution in [0.1, 0.15) is 30.2 Å². The van der Waals surface area contributed by atoms with Crippen LogP contribution in [0.4, 0.5) is 18.9 Å². The average molecular weight is 476 g/mol. The summed E-state index contributed by atoms with van der Waals surface area (Å²) in [7, 11) is 0. The summed E-state index contributed by atoms with van der Waals surface area (Å²) in [6.45, 7) is 3.86. The molecule has 4 rings (SSSR count). The van der Waals surface area contributed by atoms with Gasteiger partial charge in [0.2, 0.25) is 0 Å². The zero-order valence-electron chi connectivity index (χ0n) is 17.4. The molecule has 2 aromatic heterocycles. The normalized spacial score (nSPS) is 11.7. The molecule has 7 nitrogen and oxygen atoms in total. The van der Waals surface area contributed by atoms with Crippen LogP contribution in [0.3, 0.4) is 0 Å². The van der Waals surface area contributed by atoms with Crippen molar-refractivity contribution in [2.45, 2.75) is 25.5 Å². The molecule has 0 aliphatic heterocycles. The third-order valence-corrected chi connectivity index (χ3v) is 4.87. The van der Waals surface area contributed by atoms with Crippen LogP contribution in [0.2, 0.25) is 0 Å². The number of imidazole rings is 1. The van der Waals surface area contributed by atoms with Crippen molar-refractivity contribution in [3.8, 4) is 16.9 Å². The number of aromatic nitrogens is 4. The number of nitrogens with one attached hydrogen (secondary N) is 1. The Bertz CT molecular complexity index is 1310. The summed E-state index contributed by atoms with van der Waals surface area (Å²) in [5, 5.41) is 2.54. The molecule has 0 unspecified atom stereocenters. The van der Waals surface area contributed by atoms with E-state index in [2.05, 4.69) is 25.0 Å². The van der Waals surface area contributed by atoms with Gasteiger partial charge < -0.3 is 14.6 Å². The van der Waals surface area contributed by atoms with Crippen LogP contribution in [0.25, 0.3) is 22.2 Å². The Hall–Kier alpha value is -3.66. The van der Waals surface area contributed by atoms with Gasteiger partial charge >= 0.3 is 5.57 Å². The van der Waals surface area contributed by atoms with E-state index in [9.17, 15) is 13.6 Å². The van der Waals surface area contributed by atoms with E-state index >= 15 is 4.39 Å². The minimum Gasteiger partial charge on any atom is -0.420 e. The lowest BCUT2D eigenvalue weighted by Crippen LogP contribution is -2.16. The van der Waals surface area contributed by atoms with Gasteiger partial charge in [0.25, 0.3) is 5.91 Å². The van der Waals surface area contributed by atoms with Crippen molar-refractivity contribution in [3.05, 3.63) is 66.8 Å². The quantitative estimate of drug-likeness (QED) is 0.365. The monoisotopic (exact) mass is 475 g/mol. The molecule has 0 spiro atoms. The number of benzene rings is 2. The Kier molecular flexibility index (Phi) is 5.94. The first-order valence-corrected chi connectivity index (χ1v) is 10.1. The standard InChI is InChI=1S/C22H17ClF3N5O2/c1-12(2)31-11-29-17-7-16(19(24)18(20(17)31)13-8-27-10-28-9-13)21(32)30-14-3-5-15(6-4-14)33-22(23,25)26/h3-12H,1-2H3,(H,30,32). The lowest BCUT2D eigenvalue weighted by atomic mass is 10.0. The molecule has 170 valence electrons. The number of rotatable bonds is 6. The first-order valence-electron chi connectivity index (χ1n) is 9.75. The largest absolute Gasteiger partial charge is 0.487 e. The van der Waals surface area contributed by atoms with Crippen molar-refractivity contribution in [2.24, 2.45) is 0 Å². The van der Waals surface area contributed by atoms with Crippen LogP contribution >= 0.6 is 11.6 Å². The first-order chi connectivity index (χ1) is 15.6. The highest BCUT2D eigenvalue weighted by Gasteiger charge is 2.27. The maximum atomic E-state index is 15.7. The van der Waals surface area contributed by atoms with E-state index in [1.54, 1.807) is 10.9 Å². The van der Waals surface area contributed by atoms with E-state index in [1.165, 1.54) is 49.1 Å². The maximum Gasteiger partial charge on any atom is 0.487 e. The lowest BCUT2D eigenvalue weighted by molar-refractivity contribution is -0.0964. The third-order valence-electron chi connectivity index (χ3n) is 4.79. The summed E-state index contributed by atoms with van der Waals surface area (Å²) in [5.41, 5.74) is -2.40. The van der Waals surface area contributed by atoms with Crippen LogP contribution in [0.5, 0.6) is 5.75 Å². The summed E-state index contributed by atoms with van der Waals surface area (Å²) in [4.78, 5) is 25.2. The van der Waals surface area contributed by atoms with Gasteiger partial charge in [-0.25, -0.2) is 19.3 Å². The maximum absolute atomic E-state index is 15.7. The van der Waals surface area contributed by atoms with Gasteiger partial charge in [0.15, 0.2) is 0 Å². The van der Waals surface area contributed by atoms with E-state index in [1.807, 2.05) is 13.8 Å². The second kappa shape index (κ2) is 8.70. The summed E-state index contributed by atoms with van der Waals surface area (Å²) in [5.74, 6) is -1.71. The molecule has 0 aliphatic rings. The average Bonchev–Trinajstić information content (AvgIpc) is 3.18. The molecule has 0 aliphatic carbocycles. The Morgan fingerprint density at radius 1 is 1.18 bits per heavy atom. The molecule has 0 fully saturated rings. The van der Waals surface area contributed by atoms with E-state index in [4.69, 9.17) is 11.6 Å². The molecule has 0 atom stereocenters. The molecule has 1 amide bonds. The van der Waals surface area contributed by atoms with Gasteiger partial charge in [0.05, 0.1) is 22.9 Å². The molecule has 0 bridgehead atoms. The fraction of sp³-hybridized carbons (Fsp3) is 0.182. The molecule has 1 N–H and O–H groups in total. The number of ether oxygens (including phenoxy) is 1. The highest BCUT2D eigenvalue weighted by atomic mass is 35.5. The van der Waals surface area contributed by atoms with Gasteiger partial charge in [-0.1, -0.05) is 0 Å². The Labute approximate surface area is 191 Å². The number of anilines is 1. The Morgan fingerprint density at radius 3 is 2.45 bits per heavy atom. The minimum absolute atomic E-state index is 0.0152. The van der Waals surface area contributed by atoms with E-state index in [0.29, 0.717) is 16.6 Å². The molecule has 2 heterocycles. The number of halogens is 4. The minimum atomic E-state index is -3.86. The van der Waals surface area contributed by atoms with Crippen LogP contribution in [-0.2, 0) is 0 Å². The number of nitrogens with zero attached hydrogens (tertiary/aromatic N) is 4. The van der Waals surface area contributed by atoms with E-state index < -0.39 is 17.3 Å². The Balaban J connectivity index is 1.74. The predicted molar refractivity (Wildman–Crippen MR) is 117 cm³/mol. The number of fused-ring (bicyclic) bond motifs is 1. The highest BCUT2D eigenvalue weighted by Crippen LogP contribution is 2.34. The lowest BCUT2D eigenvalue weighted by Gasteiger charge is -2.15. The van der Waals surface area contributed by atoms with Crippen LogP contribution in [0, 0.1) is 5.82 Å². The van der Waals surface area contributed by atoms with Gasteiger partial charge in [-0.3, -0.25) is 4.79 Å². The summed E-state index contributed by atoms with van der Waals surface area (Å²) >= 11 is 4.74. The third kappa shape index (κ3) is 4.75. The summed E-state index contributed by atoms with van der Waals surface area (Å²) in [6.07, 6.45) is 5.81. The molecular weight excluding hydrogens is 459 g/mol. The fourth-order valence-electron chi connectivity index (χ4n) is 3.36. The summed E-state index contributed by atoms with van der Waals surface area (Å²) in [6, 6.07) is 6.39. The highest BCUT2D eigenvalue weighted by molar-refractivity contribution is 6.20. The van der Waals surface area contributed by atoms with Crippen LogP contribution in [0.15, 0.2) is 55.4 Å². The molecule has 0 radical (unpaired) electrons. The molecule has 33 heavy (non-hydrogen) atoms. The van der Waals surface area contributed by atoms with E-state index in [0.717, 1.165) is 0 Å². The number of hydrogen-bond acceptors (Lipinski definition) is 5. The molecule has 4 aromatic rings. The predicted octanol–water partition coefficient (Wildman–Crippen LogP) is 5.63. The SMILES string of the molecule is CC(C)n1cnc2cc(C(=O)Nc3ccc(OC(F)(F)Cl)cc3)c(F)c(-c3cncnc3)c21. The smallest absolute Gasteiger partial charge is 0.420 e. The summed E-state index contributed by atoms with van der Waals surface area (Å²) < 4.78 is 47.3. The van der Waals surface area contributed by atoms with E-state index in [-0.39, 0.29) is 28.6 Å². The van der Waals surface area contributed by atoms with Gasteiger partial charge in [-0.15, -0.1) is 8.78 Å². The second-order valence-electron chi connectivity index (χ2n) is 7.38. The van der Waals surface area contributed by atoms with Crippen molar-refractivity contribution in [1.29, 1.82) is 0 Å². The van der Waals surface area contributed by atoms with Gasteiger partial charge in [-0.05, 0) is 44.2 Å². The topological polar surface area (TPSA) is 81.9 Å². The van der Waals surface area contributed by atoms with Crippen LogP contribution < -0.4 is 10.1 Å². The zero-order chi connectivity index (χ0) is 23.8. The molecule has 11 heteroatoms. The fourth-order valence-corrected chi connectivity index (χ4v) is 3.45. The molecule has 2 aromatic carbocycles. The van der Waals surface area contributed by atoms with Crippen molar-refractivity contribution < 1.29 is 22.7 Å². The first kappa shape index (κ1) is 22.5. The van der Waals surface area contributed by atoms with Crippen molar-refractivity contribution in [1.82, 2.24) is 19.5 Å². The molecule has 0 saturated carbocycles. The molecular formula is C22H17ClF3N5O2. The van der Waals surface area contributed by atoms with Crippen molar-refractivity contribution in [2.75, 3.05) is 5.32 Å². The number of alkyl halides is 3. The number of carbonyl (C=O) groups excluding carboxylic acids is 1. The number of amides is 1. The van der Waals surface area contributed by atoms with Crippen molar-refractivity contribution in [3.63, 3.8) is 0 Å². The number of carbonyl (C=O) groups is 1. The van der Waals surface area contributed by atoms with Gasteiger partial charge in [-0.2, -0.15) is 0 Å².